The standard InChI is InChI=1S/C23H25N3O4/c1-25(2)13-6-7-14-16(10-13)22(27)20-15-11-18(29-3)19(30-4)12-17(15)23(28)26(21(14)20)9-5-8-24/h6-7,10-12H,5,8-9,24H2,1-4H3. The maximum Gasteiger partial charge on any atom is 0.259 e. The Kier molecular flexibility index (Phi) is 4.99. The number of rotatable bonds is 6. The summed E-state index contributed by atoms with van der Waals surface area (Å²) in [5.74, 6) is 0.830. The molecule has 4 rings (SSSR count). The molecule has 3 aromatic rings. The molecule has 0 saturated heterocycles. The van der Waals surface area contributed by atoms with Crippen molar-refractivity contribution >= 4 is 22.2 Å². The lowest BCUT2D eigenvalue weighted by Gasteiger charge is -2.17. The van der Waals surface area contributed by atoms with Crippen LogP contribution in [-0.2, 0) is 6.54 Å². The summed E-state index contributed by atoms with van der Waals surface area (Å²) < 4.78 is 12.5. The minimum atomic E-state index is -0.171. The first-order valence-electron chi connectivity index (χ1n) is 9.82. The monoisotopic (exact) mass is 407 g/mol. The first-order valence-corrected chi connectivity index (χ1v) is 9.82. The normalized spacial score (nSPS) is 12.1. The van der Waals surface area contributed by atoms with E-state index >= 15 is 0 Å². The quantitative estimate of drug-likeness (QED) is 0.529. The van der Waals surface area contributed by atoms with Crippen molar-refractivity contribution in [1.29, 1.82) is 0 Å². The summed E-state index contributed by atoms with van der Waals surface area (Å²) in [6.45, 7) is 0.885. The topological polar surface area (TPSA) is 86.8 Å². The van der Waals surface area contributed by atoms with Gasteiger partial charge in [0.25, 0.3) is 5.56 Å². The molecule has 1 aliphatic rings. The molecule has 156 valence electrons. The van der Waals surface area contributed by atoms with E-state index in [0.717, 1.165) is 11.3 Å². The second-order valence-corrected chi connectivity index (χ2v) is 7.53. The van der Waals surface area contributed by atoms with Gasteiger partial charge in [-0.1, -0.05) is 6.07 Å². The summed E-state index contributed by atoms with van der Waals surface area (Å²) in [6.07, 6.45) is 0.629. The first kappa shape index (κ1) is 20.0. The van der Waals surface area contributed by atoms with Gasteiger partial charge in [0.05, 0.1) is 30.9 Å². The Bertz CT molecular complexity index is 1230. The summed E-state index contributed by atoms with van der Waals surface area (Å²) in [5.41, 5.74) is 9.01. The molecule has 2 aromatic carbocycles. The van der Waals surface area contributed by atoms with E-state index in [0.29, 0.717) is 58.6 Å². The lowest BCUT2D eigenvalue weighted by Crippen LogP contribution is -2.24. The van der Waals surface area contributed by atoms with E-state index < -0.39 is 0 Å². The SMILES string of the molecule is COc1cc2c3c(n(CCCN)c(=O)c2cc1OC)-c1ccc(N(C)C)cc1C3=O. The zero-order valence-corrected chi connectivity index (χ0v) is 17.6. The number of methoxy groups -OCH3 is 2. The van der Waals surface area contributed by atoms with E-state index in [4.69, 9.17) is 15.2 Å². The number of pyridine rings is 1. The van der Waals surface area contributed by atoms with Crippen molar-refractivity contribution in [1.82, 2.24) is 4.57 Å². The van der Waals surface area contributed by atoms with Crippen LogP contribution in [0.3, 0.4) is 0 Å². The number of hydrogen-bond donors (Lipinski definition) is 1. The van der Waals surface area contributed by atoms with Gasteiger partial charge < -0.3 is 24.7 Å². The molecule has 0 radical (unpaired) electrons. The van der Waals surface area contributed by atoms with E-state index in [1.165, 1.54) is 14.2 Å². The van der Waals surface area contributed by atoms with Crippen LogP contribution in [0, 0.1) is 0 Å². The minimum absolute atomic E-state index is 0.0950. The Morgan fingerprint density at radius 2 is 1.63 bits per heavy atom. The fourth-order valence-electron chi connectivity index (χ4n) is 4.08. The maximum absolute atomic E-state index is 13.5. The predicted octanol–water partition coefficient (Wildman–Crippen LogP) is 2.64. The largest absolute Gasteiger partial charge is 0.493 e. The molecule has 7 nitrogen and oxygen atoms in total. The third kappa shape index (κ3) is 2.85. The Morgan fingerprint density at radius 3 is 2.23 bits per heavy atom. The van der Waals surface area contributed by atoms with Crippen LogP contribution in [0.15, 0.2) is 35.1 Å². The zero-order valence-electron chi connectivity index (χ0n) is 17.6. The molecule has 7 heteroatoms. The molecule has 0 spiro atoms. The molecule has 0 bridgehead atoms. The molecule has 0 atom stereocenters. The molecule has 0 fully saturated rings. The summed E-state index contributed by atoms with van der Waals surface area (Å²) >= 11 is 0. The van der Waals surface area contributed by atoms with Crippen LogP contribution < -0.4 is 25.7 Å². The summed E-state index contributed by atoms with van der Waals surface area (Å²) in [5, 5.41) is 1.00. The number of ketones is 1. The van der Waals surface area contributed by atoms with Crippen molar-refractivity contribution in [3.63, 3.8) is 0 Å². The highest BCUT2D eigenvalue weighted by Crippen LogP contribution is 2.43. The van der Waals surface area contributed by atoms with E-state index in [9.17, 15) is 9.59 Å². The van der Waals surface area contributed by atoms with Crippen LogP contribution in [0.5, 0.6) is 11.5 Å². The van der Waals surface area contributed by atoms with Gasteiger partial charge in [0.1, 0.15) is 0 Å². The van der Waals surface area contributed by atoms with Gasteiger partial charge in [-0.25, -0.2) is 0 Å². The molecule has 0 saturated carbocycles. The van der Waals surface area contributed by atoms with Crippen LogP contribution in [-0.4, -0.2) is 45.2 Å². The average Bonchev–Trinajstić information content (AvgIpc) is 3.04. The van der Waals surface area contributed by atoms with E-state index in [1.807, 2.05) is 37.2 Å². The highest BCUT2D eigenvalue weighted by atomic mass is 16.5. The molecule has 0 aliphatic heterocycles. The molecule has 1 heterocycles. The van der Waals surface area contributed by atoms with Crippen molar-refractivity contribution in [3.05, 3.63) is 51.8 Å². The zero-order chi connectivity index (χ0) is 21.6. The van der Waals surface area contributed by atoms with Crippen LogP contribution >= 0.6 is 0 Å². The number of anilines is 1. The van der Waals surface area contributed by atoms with Gasteiger partial charge in [-0.15, -0.1) is 0 Å². The average molecular weight is 407 g/mol. The third-order valence-electron chi connectivity index (χ3n) is 5.61. The van der Waals surface area contributed by atoms with E-state index in [-0.39, 0.29) is 11.3 Å². The number of carbonyl (C=O) groups is 1. The number of hydrogen-bond acceptors (Lipinski definition) is 6. The number of ether oxygens (including phenoxy) is 2. The Balaban J connectivity index is 2.11. The Labute approximate surface area is 174 Å². The number of benzene rings is 2. The molecule has 0 unspecified atom stereocenters. The second-order valence-electron chi connectivity index (χ2n) is 7.53. The van der Waals surface area contributed by atoms with Gasteiger partial charge >= 0.3 is 0 Å². The smallest absolute Gasteiger partial charge is 0.259 e. The number of carbonyl (C=O) groups excluding carboxylic acids is 1. The molecular formula is C23H25N3O4. The van der Waals surface area contributed by atoms with E-state index in [1.54, 1.807) is 16.7 Å². The van der Waals surface area contributed by atoms with Gasteiger partial charge in [-0.05, 0) is 37.2 Å². The van der Waals surface area contributed by atoms with Gasteiger partial charge in [0.15, 0.2) is 17.3 Å². The maximum atomic E-state index is 13.5. The summed E-state index contributed by atoms with van der Waals surface area (Å²) in [4.78, 5) is 28.9. The number of nitrogens with two attached hydrogens (primary N) is 1. The summed E-state index contributed by atoms with van der Waals surface area (Å²) in [6, 6.07) is 9.12. The van der Waals surface area contributed by atoms with Crippen LogP contribution in [0.25, 0.3) is 22.0 Å². The first-order chi connectivity index (χ1) is 14.4. The van der Waals surface area contributed by atoms with Gasteiger partial charge in [-0.2, -0.15) is 0 Å². The van der Waals surface area contributed by atoms with Crippen molar-refractivity contribution < 1.29 is 14.3 Å². The van der Waals surface area contributed by atoms with Crippen molar-refractivity contribution in [2.24, 2.45) is 5.73 Å². The molecule has 0 amide bonds. The lowest BCUT2D eigenvalue weighted by molar-refractivity contribution is 0.104. The number of nitrogens with zero attached hydrogens (tertiary/aromatic N) is 2. The molecular weight excluding hydrogens is 382 g/mol. The Morgan fingerprint density at radius 1 is 0.967 bits per heavy atom. The highest BCUT2D eigenvalue weighted by molar-refractivity contribution is 6.27. The molecule has 1 aliphatic carbocycles. The minimum Gasteiger partial charge on any atom is -0.493 e. The van der Waals surface area contributed by atoms with Crippen LogP contribution in [0.2, 0.25) is 0 Å². The number of fused-ring (bicyclic) bond motifs is 5. The molecule has 1 aromatic heterocycles. The fraction of sp³-hybridized carbons (Fsp3) is 0.304. The van der Waals surface area contributed by atoms with Gasteiger partial charge in [-0.3, -0.25) is 9.59 Å². The second kappa shape index (κ2) is 7.50. The Hall–Kier alpha value is -3.32. The van der Waals surface area contributed by atoms with Crippen molar-refractivity contribution in [2.75, 3.05) is 39.8 Å². The van der Waals surface area contributed by atoms with Crippen molar-refractivity contribution in [3.8, 4) is 22.8 Å². The van der Waals surface area contributed by atoms with Gasteiger partial charge in [0.2, 0.25) is 0 Å². The molecule has 30 heavy (non-hydrogen) atoms. The summed E-state index contributed by atoms with van der Waals surface area (Å²) in [7, 11) is 6.91. The van der Waals surface area contributed by atoms with Crippen LogP contribution in [0.4, 0.5) is 5.69 Å². The fourth-order valence-corrected chi connectivity index (χ4v) is 4.08. The van der Waals surface area contributed by atoms with Gasteiger partial charge in [0, 0.05) is 42.8 Å². The molecule has 2 N–H and O–H groups in total. The van der Waals surface area contributed by atoms with Crippen molar-refractivity contribution in [2.45, 2.75) is 13.0 Å². The van der Waals surface area contributed by atoms with Crippen LogP contribution in [0.1, 0.15) is 22.3 Å². The number of aromatic nitrogens is 1. The predicted molar refractivity (Wildman–Crippen MR) is 118 cm³/mol. The van der Waals surface area contributed by atoms with E-state index in [2.05, 4.69) is 0 Å². The lowest BCUT2D eigenvalue weighted by atomic mass is 10.0. The highest BCUT2D eigenvalue weighted by Gasteiger charge is 2.33. The third-order valence-corrected chi connectivity index (χ3v) is 5.61.